The van der Waals surface area contributed by atoms with Crippen LogP contribution in [0.15, 0.2) is 24.3 Å². The minimum absolute atomic E-state index is 0.00839. The van der Waals surface area contributed by atoms with Crippen LogP contribution in [0.4, 0.5) is 0 Å². The van der Waals surface area contributed by atoms with Crippen molar-refractivity contribution >= 4 is 23.4 Å². The second-order valence-electron chi connectivity index (χ2n) is 5.76. The van der Waals surface area contributed by atoms with E-state index in [1.54, 1.807) is 0 Å². The molecule has 0 aliphatic carbocycles. The molecule has 0 aromatic heterocycles. The van der Waals surface area contributed by atoms with E-state index in [4.69, 9.17) is 16.3 Å². The molecule has 0 atom stereocenters. The lowest BCUT2D eigenvalue weighted by molar-refractivity contribution is -0.132. The highest BCUT2D eigenvalue weighted by Crippen LogP contribution is 2.13. The lowest BCUT2D eigenvalue weighted by atomic mass is 10.0. The lowest BCUT2D eigenvalue weighted by Crippen LogP contribution is -2.47. The standard InChI is InChI=1S/C17H23ClN2O3/c1-13-2-4-15(5-3-13)23-12-16(21)19-14-7-10-20(11-8-14)17(22)6-9-18/h2-5,14H,6-12H2,1H3,(H,19,21). The van der Waals surface area contributed by atoms with Crippen LogP contribution in [-0.4, -0.2) is 48.3 Å². The maximum atomic E-state index is 11.9. The molecule has 1 aromatic carbocycles. The van der Waals surface area contributed by atoms with Gasteiger partial charge in [0.05, 0.1) is 0 Å². The Balaban J connectivity index is 1.68. The predicted octanol–water partition coefficient (Wildman–Crippen LogP) is 2.11. The summed E-state index contributed by atoms with van der Waals surface area (Å²) in [4.78, 5) is 25.5. The van der Waals surface area contributed by atoms with Gasteiger partial charge in [0.25, 0.3) is 5.91 Å². The van der Waals surface area contributed by atoms with Crippen LogP contribution >= 0.6 is 11.6 Å². The number of hydrogen-bond acceptors (Lipinski definition) is 3. The Hall–Kier alpha value is -1.75. The Morgan fingerprint density at radius 2 is 1.91 bits per heavy atom. The van der Waals surface area contributed by atoms with E-state index in [1.165, 1.54) is 0 Å². The van der Waals surface area contributed by atoms with Crippen molar-refractivity contribution in [1.82, 2.24) is 10.2 Å². The van der Waals surface area contributed by atoms with Gasteiger partial charge in [-0.25, -0.2) is 0 Å². The van der Waals surface area contributed by atoms with Crippen molar-refractivity contribution in [2.24, 2.45) is 0 Å². The number of likely N-dealkylation sites (tertiary alicyclic amines) is 1. The van der Waals surface area contributed by atoms with Crippen LogP contribution in [-0.2, 0) is 9.59 Å². The molecule has 0 spiro atoms. The molecule has 2 rings (SSSR count). The Morgan fingerprint density at radius 3 is 2.52 bits per heavy atom. The molecule has 1 aliphatic rings. The number of alkyl halides is 1. The molecular formula is C17H23ClN2O3. The van der Waals surface area contributed by atoms with Crippen molar-refractivity contribution in [1.29, 1.82) is 0 Å². The number of rotatable bonds is 6. The predicted molar refractivity (Wildman–Crippen MR) is 89.8 cm³/mol. The number of carbonyl (C=O) groups excluding carboxylic acids is 2. The van der Waals surface area contributed by atoms with Gasteiger partial charge in [-0.3, -0.25) is 9.59 Å². The third kappa shape index (κ3) is 5.75. The van der Waals surface area contributed by atoms with Crippen molar-refractivity contribution < 1.29 is 14.3 Å². The number of benzene rings is 1. The third-order valence-corrected chi connectivity index (χ3v) is 4.10. The number of hydrogen-bond donors (Lipinski definition) is 1. The van der Waals surface area contributed by atoms with E-state index >= 15 is 0 Å². The minimum atomic E-state index is -0.129. The number of aryl methyl sites for hydroxylation is 1. The van der Waals surface area contributed by atoms with Crippen molar-refractivity contribution in [3.8, 4) is 5.75 Å². The van der Waals surface area contributed by atoms with Crippen LogP contribution in [0, 0.1) is 6.92 Å². The zero-order valence-electron chi connectivity index (χ0n) is 13.4. The van der Waals surface area contributed by atoms with Gasteiger partial charge in [-0.05, 0) is 31.9 Å². The fraction of sp³-hybridized carbons (Fsp3) is 0.529. The zero-order chi connectivity index (χ0) is 16.7. The van der Waals surface area contributed by atoms with E-state index in [-0.39, 0.29) is 24.5 Å². The highest BCUT2D eigenvalue weighted by atomic mass is 35.5. The second kappa shape index (κ2) is 8.77. The first-order valence-electron chi connectivity index (χ1n) is 7.91. The van der Waals surface area contributed by atoms with Crippen LogP contribution in [0.3, 0.4) is 0 Å². The average Bonchev–Trinajstić information content (AvgIpc) is 2.55. The summed E-state index contributed by atoms with van der Waals surface area (Å²) in [5, 5.41) is 2.96. The summed E-state index contributed by atoms with van der Waals surface area (Å²) in [6.07, 6.45) is 1.91. The Kier molecular flexibility index (Phi) is 6.71. The van der Waals surface area contributed by atoms with Gasteiger partial charge < -0.3 is 15.0 Å². The quantitative estimate of drug-likeness (QED) is 0.808. The van der Waals surface area contributed by atoms with Gasteiger partial charge in [0.15, 0.2) is 6.61 Å². The molecule has 1 aliphatic heterocycles. The number of piperidine rings is 1. The largest absolute Gasteiger partial charge is 0.484 e. The molecule has 1 aromatic rings. The molecule has 1 N–H and O–H groups in total. The van der Waals surface area contributed by atoms with Crippen molar-refractivity contribution in [3.05, 3.63) is 29.8 Å². The lowest BCUT2D eigenvalue weighted by Gasteiger charge is -2.32. The van der Waals surface area contributed by atoms with Crippen molar-refractivity contribution in [3.63, 3.8) is 0 Å². The molecular weight excluding hydrogens is 316 g/mol. The van der Waals surface area contributed by atoms with Gasteiger partial charge in [0.2, 0.25) is 5.91 Å². The van der Waals surface area contributed by atoms with Crippen LogP contribution in [0.1, 0.15) is 24.8 Å². The van der Waals surface area contributed by atoms with Crippen LogP contribution < -0.4 is 10.1 Å². The molecule has 5 nitrogen and oxygen atoms in total. The number of ether oxygens (including phenoxy) is 1. The van der Waals surface area contributed by atoms with E-state index in [1.807, 2.05) is 36.1 Å². The maximum absolute atomic E-state index is 11.9. The van der Waals surface area contributed by atoms with Crippen molar-refractivity contribution in [2.75, 3.05) is 25.6 Å². The van der Waals surface area contributed by atoms with Gasteiger partial charge in [-0.1, -0.05) is 17.7 Å². The van der Waals surface area contributed by atoms with Gasteiger partial charge in [-0.2, -0.15) is 0 Å². The minimum Gasteiger partial charge on any atom is -0.484 e. The van der Waals surface area contributed by atoms with Crippen LogP contribution in [0.25, 0.3) is 0 Å². The van der Waals surface area contributed by atoms with E-state index in [0.29, 0.717) is 31.1 Å². The van der Waals surface area contributed by atoms with E-state index in [9.17, 15) is 9.59 Å². The SMILES string of the molecule is Cc1ccc(OCC(=O)NC2CCN(C(=O)CCCl)CC2)cc1. The fourth-order valence-electron chi connectivity index (χ4n) is 2.56. The highest BCUT2D eigenvalue weighted by molar-refractivity contribution is 6.18. The van der Waals surface area contributed by atoms with Gasteiger partial charge in [0, 0.05) is 31.4 Å². The number of nitrogens with one attached hydrogen (secondary N) is 1. The van der Waals surface area contributed by atoms with Gasteiger partial charge in [0.1, 0.15) is 5.75 Å². The van der Waals surface area contributed by atoms with E-state index in [2.05, 4.69) is 5.32 Å². The monoisotopic (exact) mass is 338 g/mol. The molecule has 126 valence electrons. The van der Waals surface area contributed by atoms with E-state index in [0.717, 1.165) is 18.4 Å². The van der Waals surface area contributed by atoms with Crippen molar-refractivity contribution in [2.45, 2.75) is 32.2 Å². The van der Waals surface area contributed by atoms with E-state index < -0.39 is 0 Å². The molecule has 2 amide bonds. The first-order valence-corrected chi connectivity index (χ1v) is 8.44. The summed E-state index contributed by atoms with van der Waals surface area (Å²) in [7, 11) is 0. The fourth-order valence-corrected chi connectivity index (χ4v) is 2.73. The molecule has 23 heavy (non-hydrogen) atoms. The first kappa shape index (κ1) is 17.6. The summed E-state index contributed by atoms with van der Waals surface area (Å²) in [5.41, 5.74) is 1.15. The third-order valence-electron chi connectivity index (χ3n) is 3.91. The first-order chi connectivity index (χ1) is 11.1. The number of halogens is 1. The molecule has 1 heterocycles. The molecule has 1 fully saturated rings. The summed E-state index contributed by atoms with van der Waals surface area (Å²) >= 11 is 5.59. The van der Waals surface area contributed by atoms with Crippen LogP contribution in [0.5, 0.6) is 5.75 Å². The average molecular weight is 339 g/mol. The number of amides is 2. The summed E-state index contributed by atoms with van der Waals surface area (Å²) in [6.45, 7) is 3.34. The molecule has 0 radical (unpaired) electrons. The Morgan fingerprint density at radius 1 is 1.26 bits per heavy atom. The number of nitrogens with zero attached hydrogens (tertiary/aromatic N) is 1. The number of carbonyl (C=O) groups is 2. The second-order valence-corrected chi connectivity index (χ2v) is 6.14. The molecule has 0 bridgehead atoms. The zero-order valence-corrected chi connectivity index (χ0v) is 14.1. The molecule has 0 unspecified atom stereocenters. The summed E-state index contributed by atoms with van der Waals surface area (Å²) in [5.74, 6) is 1.00. The molecule has 6 heteroatoms. The highest BCUT2D eigenvalue weighted by Gasteiger charge is 2.23. The van der Waals surface area contributed by atoms with Crippen LogP contribution in [0.2, 0.25) is 0 Å². The summed E-state index contributed by atoms with van der Waals surface area (Å²) in [6, 6.07) is 7.69. The molecule has 1 saturated heterocycles. The van der Waals surface area contributed by atoms with Gasteiger partial charge in [-0.15, -0.1) is 11.6 Å². The Bertz CT molecular complexity index is 525. The summed E-state index contributed by atoms with van der Waals surface area (Å²) < 4.78 is 5.46. The normalized spacial score (nSPS) is 15.3. The molecule has 0 saturated carbocycles. The Labute approximate surface area is 141 Å². The smallest absolute Gasteiger partial charge is 0.258 e. The topological polar surface area (TPSA) is 58.6 Å². The maximum Gasteiger partial charge on any atom is 0.258 e. The van der Waals surface area contributed by atoms with Gasteiger partial charge >= 0.3 is 0 Å².